The van der Waals surface area contributed by atoms with Crippen LogP contribution in [-0.4, -0.2) is 49.7 Å². The van der Waals surface area contributed by atoms with Crippen LogP contribution in [0.15, 0.2) is 0 Å². The van der Waals surface area contributed by atoms with Crippen molar-refractivity contribution in [1.29, 1.82) is 0 Å². The molecule has 16 heavy (non-hydrogen) atoms. The Kier molecular flexibility index (Phi) is 5.77. The van der Waals surface area contributed by atoms with Crippen LogP contribution in [0, 0.1) is 0 Å². The third kappa shape index (κ3) is 3.76. The van der Waals surface area contributed by atoms with Crippen LogP contribution in [-0.2, 0) is 9.53 Å². The fourth-order valence-electron chi connectivity index (χ4n) is 2.16. The fraction of sp³-hybridized carbons (Fsp3) is 0.917. The summed E-state index contributed by atoms with van der Waals surface area (Å²) in [6, 6.07) is 0.849. The van der Waals surface area contributed by atoms with E-state index < -0.39 is 0 Å². The molecule has 1 aliphatic rings. The lowest BCUT2D eigenvalue weighted by atomic mass is 10.2. The number of likely N-dealkylation sites (tertiary alicyclic amines) is 1. The Labute approximate surface area is 98.3 Å². The van der Waals surface area contributed by atoms with Crippen LogP contribution in [0.4, 0.5) is 0 Å². The lowest BCUT2D eigenvalue weighted by Gasteiger charge is -2.21. The number of methoxy groups -OCH3 is 1. The highest BCUT2D eigenvalue weighted by atomic mass is 16.5. The molecule has 0 aromatic heterocycles. The van der Waals surface area contributed by atoms with Crippen molar-refractivity contribution in [3.8, 4) is 0 Å². The van der Waals surface area contributed by atoms with Gasteiger partial charge in [0.15, 0.2) is 0 Å². The van der Waals surface area contributed by atoms with Gasteiger partial charge in [0.1, 0.15) is 0 Å². The van der Waals surface area contributed by atoms with Crippen molar-refractivity contribution in [2.45, 2.75) is 45.2 Å². The summed E-state index contributed by atoms with van der Waals surface area (Å²) < 4.78 is 5.16. The Hall–Kier alpha value is -0.610. The number of rotatable bonds is 6. The highest BCUT2D eigenvalue weighted by Crippen LogP contribution is 2.11. The van der Waals surface area contributed by atoms with Gasteiger partial charge in [0.25, 0.3) is 0 Å². The molecule has 1 rings (SSSR count). The van der Waals surface area contributed by atoms with Crippen molar-refractivity contribution in [1.82, 2.24) is 10.2 Å². The second-order valence-corrected chi connectivity index (χ2v) is 4.41. The molecule has 4 heteroatoms. The molecule has 0 aromatic rings. The maximum atomic E-state index is 11.5. The predicted octanol–water partition coefficient (Wildman–Crippen LogP) is 1.01. The summed E-state index contributed by atoms with van der Waals surface area (Å²) >= 11 is 0. The normalized spacial score (nSPS) is 22.4. The monoisotopic (exact) mass is 228 g/mol. The van der Waals surface area contributed by atoms with Crippen molar-refractivity contribution in [3.63, 3.8) is 0 Å². The second kappa shape index (κ2) is 6.86. The molecule has 1 fully saturated rings. The van der Waals surface area contributed by atoms with Crippen molar-refractivity contribution >= 4 is 5.91 Å². The van der Waals surface area contributed by atoms with E-state index in [9.17, 15) is 4.79 Å². The van der Waals surface area contributed by atoms with Gasteiger partial charge in [0, 0.05) is 38.7 Å². The summed E-state index contributed by atoms with van der Waals surface area (Å²) in [5.41, 5.74) is 0. The quantitative estimate of drug-likeness (QED) is 0.738. The number of amides is 1. The van der Waals surface area contributed by atoms with Crippen LogP contribution < -0.4 is 5.32 Å². The molecule has 1 heterocycles. The summed E-state index contributed by atoms with van der Waals surface area (Å²) in [6.07, 6.45) is 2.74. The first-order valence-electron chi connectivity index (χ1n) is 6.24. The smallest absolute Gasteiger partial charge is 0.222 e. The Morgan fingerprint density at radius 1 is 1.56 bits per heavy atom. The number of carbonyl (C=O) groups is 1. The van der Waals surface area contributed by atoms with E-state index in [1.165, 1.54) is 0 Å². The van der Waals surface area contributed by atoms with Gasteiger partial charge in [-0.25, -0.2) is 0 Å². The van der Waals surface area contributed by atoms with Crippen molar-refractivity contribution in [2.24, 2.45) is 0 Å². The van der Waals surface area contributed by atoms with Crippen molar-refractivity contribution in [2.75, 3.05) is 26.8 Å². The van der Waals surface area contributed by atoms with Gasteiger partial charge in [0.05, 0.1) is 6.61 Å². The van der Waals surface area contributed by atoms with Crippen LogP contribution in [0.5, 0.6) is 0 Å². The van der Waals surface area contributed by atoms with Gasteiger partial charge in [0.2, 0.25) is 5.91 Å². The molecule has 0 aromatic carbocycles. The van der Waals surface area contributed by atoms with Gasteiger partial charge < -0.3 is 15.0 Å². The van der Waals surface area contributed by atoms with Gasteiger partial charge in [-0.05, 0) is 12.8 Å². The van der Waals surface area contributed by atoms with E-state index >= 15 is 0 Å². The molecule has 1 amide bonds. The minimum atomic E-state index is 0.268. The molecule has 2 unspecified atom stereocenters. The Bertz CT molecular complexity index is 221. The summed E-state index contributed by atoms with van der Waals surface area (Å²) in [6.45, 7) is 6.57. The molecule has 0 saturated carbocycles. The van der Waals surface area contributed by atoms with Crippen LogP contribution in [0.1, 0.15) is 33.1 Å². The van der Waals surface area contributed by atoms with Crippen LogP contribution in [0.3, 0.4) is 0 Å². The zero-order valence-electron chi connectivity index (χ0n) is 10.7. The zero-order chi connectivity index (χ0) is 12.0. The van der Waals surface area contributed by atoms with Gasteiger partial charge >= 0.3 is 0 Å². The maximum Gasteiger partial charge on any atom is 0.222 e. The van der Waals surface area contributed by atoms with E-state index in [2.05, 4.69) is 12.2 Å². The largest absolute Gasteiger partial charge is 0.383 e. The Morgan fingerprint density at radius 2 is 2.31 bits per heavy atom. The lowest BCUT2D eigenvalue weighted by Crippen LogP contribution is -2.42. The molecule has 0 aliphatic carbocycles. The molecule has 0 radical (unpaired) electrons. The first kappa shape index (κ1) is 13.5. The number of carbonyl (C=O) groups excluding carboxylic acids is 1. The first-order valence-corrected chi connectivity index (χ1v) is 6.24. The van der Waals surface area contributed by atoms with Gasteiger partial charge in [-0.3, -0.25) is 4.79 Å². The molecule has 1 saturated heterocycles. The third-order valence-electron chi connectivity index (χ3n) is 3.18. The molecule has 1 aliphatic heterocycles. The van der Waals surface area contributed by atoms with Crippen molar-refractivity contribution in [3.05, 3.63) is 0 Å². The van der Waals surface area contributed by atoms with Crippen molar-refractivity contribution < 1.29 is 9.53 Å². The summed E-state index contributed by atoms with van der Waals surface area (Å²) in [7, 11) is 1.73. The third-order valence-corrected chi connectivity index (χ3v) is 3.18. The zero-order valence-corrected chi connectivity index (χ0v) is 10.7. The molecule has 94 valence electrons. The maximum absolute atomic E-state index is 11.5. The molecular weight excluding hydrogens is 204 g/mol. The highest BCUT2D eigenvalue weighted by Gasteiger charge is 2.26. The molecular formula is C12H24N2O2. The van der Waals surface area contributed by atoms with E-state index in [1.54, 1.807) is 7.11 Å². The second-order valence-electron chi connectivity index (χ2n) is 4.41. The lowest BCUT2D eigenvalue weighted by molar-refractivity contribution is -0.129. The van der Waals surface area contributed by atoms with Crippen LogP contribution in [0.25, 0.3) is 0 Å². The van der Waals surface area contributed by atoms with Gasteiger partial charge in [-0.15, -0.1) is 0 Å². The van der Waals surface area contributed by atoms with E-state index in [1.807, 2.05) is 11.8 Å². The number of hydrogen-bond acceptors (Lipinski definition) is 3. The first-order chi connectivity index (χ1) is 7.71. The van der Waals surface area contributed by atoms with E-state index in [-0.39, 0.29) is 5.91 Å². The van der Waals surface area contributed by atoms with E-state index in [4.69, 9.17) is 4.74 Å². The minimum Gasteiger partial charge on any atom is -0.383 e. The van der Waals surface area contributed by atoms with E-state index in [0.29, 0.717) is 18.5 Å². The topological polar surface area (TPSA) is 41.6 Å². The summed E-state index contributed by atoms with van der Waals surface area (Å²) in [5, 5.41) is 3.56. The van der Waals surface area contributed by atoms with Gasteiger partial charge in [-0.2, -0.15) is 0 Å². The molecule has 1 N–H and O–H groups in total. The standard InChI is InChI=1S/C12H24N2O2/c1-4-10(9-16-3)13-11-6-7-14(8-11)12(15)5-2/h10-11,13H,4-9H2,1-3H3. The Morgan fingerprint density at radius 3 is 2.88 bits per heavy atom. The number of nitrogens with one attached hydrogen (secondary N) is 1. The SMILES string of the molecule is CCC(=O)N1CCC(NC(CC)COC)C1. The van der Waals surface area contributed by atoms with E-state index in [0.717, 1.165) is 32.5 Å². The molecule has 0 spiro atoms. The number of ether oxygens (including phenoxy) is 1. The average molecular weight is 228 g/mol. The number of hydrogen-bond donors (Lipinski definition) is 1. The molecule has 0 bridgehead atoms. The summed E-state index contributed by atoms with van der Waals surface area (Å²) in [4.78, 5) is 13.5. The van der Waals surface area contributed by atoms with Gasteiger partial charge in [-0.1, -0.05) is 13.8 Å². The fourth-order valence-corrected chi connectivity index (χ4v) is 2.16. The Balaban J connectivity index is 2.32. The molecule has 2 atom stereocenters. The average Bonchev–Trinajstić information content (AvgIpc) is 2.76. The summed E-state index contributed by atoms with van der Waals surface area (Å²) in [5.74, 6) is 0.268. The van der Waals surface area contributed by atoms with Crippen LogP contribution in [0.2, 0.25) is 0 Å². The number of nitrogens with zero attached hydrogens (tertiary/aromatic N) is 1. The highest BCUT2D eigenvalue weighted by molar-refractivity contribution is 5.76. The minimum absolute atomic E-state index is 0.268. The predicted molar refractivity (Wildman–Crippen MR) is 64.4 cm³/mol. The van der Waals surface area contributed by atoms with Crippen LogP contribution >= 0.6 is 0 Å². The molecule has 4 nitrogen and oxygen atoms in total.